The Hall–Kier alpha value is -1.89. The fraction of sp³-hybridized carbons (Fsp3) is 0.333. The zero-order valence-electron chi connectivity index (χ0n) is 16.1. The van der Waals surface area contributed by atoms with Crippen molar-refractivity contribution < 1.29 is 0 Å². The first-order chi connectivity index (χ1) is 13.5. The number of aromatic nitrogens is 2. The monoisotopic (exact) mass is 428 g/mol. The van der Waals surface area contributed by atoms with Gasteiger partial charge in [0.2, 0.25) is 0 Å². The summed E-state index contributed by atoms with van der Waals surface area (Å²) in [5.41, 5.74) is 5.93. The highest BCUT2D eigenvalue weighted by atomic mass is 35.5. The first-order valence-corrected chi connectivity index (χ1v) is 11.4. The third-order valence-electron chi connectivity index (χ3n) is 5.32. The molecule has 7 heteroatoms. The summed E-state index contributed by atoms with van der Waals surface area (Å²) in [7, 11) is 0. The van der Waals surface area contributed by atoms with Crippen LogP contribution in [0.1, 0.15) is 16.7 Å². The van der Waals surface area contributed by atoms with Crippen LogP contribution in [0.3, 0.4) is 0 Å². The summed E-state index contributed by atoms with van der Waals surface area (Å²) in [6.07, 6.45) is 0. The van der Waals surface area contributed by atoms with Crippen LogP contribution in [0.25, 0.3) is 20.4 Å². The van der Waals surface area contributed by atoms with Gasteiger partial charge in [-0.05, 0) is 49.6 Å². The summed E-state index contributed by atoms with van der Waals surface area (Å²) in [6.45, 7) is 10.2. The van der Waals surface area contributed by atoms with Gasteiger partial charge in [-0.25, -0.2) is 9.97 Å². The Balaban J connectivity index is 1.37. The molecule has 0 amide bonds. The average Bonchev–Trinajstić information content (AvgIpc) is 3.30. The number of thiazole rings is 2. The molecule has 1 fully saturated rings. The lowest BCUT2D eigenvalue weighted by atomic mass is 10.1. The molecule has 3 heterocycles. The number of hydrogen-bond acceptors (Lipinski definition) is 6. The Kier molecular flexibility index (Phi) is 4.45. The van der Waals surface area contributed by atoms with E-state index in [1.165, 1.54) is 21.4 Å². The second kappa shape index (κ2) is 6.87. The van der Waals surface area contributed by atoms with E-state index in [1.54, 1.807) is 11.3 Å². The third kappa shape index (κ3) is 3.04. The van der Waals surface area contributed by atoms with E-state index in [-0.39, 0.29) is 0 Å². The molecule has 0 N–H and O–H groups in total. The van der Waals surface area contributed by atoms with E-state index in [4.69, 9.17) is 21.6 Å². The molecule has 0 radical (unpaired) electrons. The number of hydrogen-bond donors (Lipinski definition) is 0. The Morgan fingerprint density at radius 3 is 2.14 bits per heavy atom. The normalized spacial score (nSPS) is 15.1. The van der Waals surface area contributed by atoms with Gasteiger partial charge in [0.25, 0.3) is 0 Å². The van der Waals surface area contributed by atoms with Gasteiger partial charge in [-0.1, -0.05) is 46.4 Å². The summed E-state index contributed by atoms with van der Waals surface area (Å²) in [4.78, 5) is 14.6. The van der Waals surface area contributed by atoms with Gasteiger partial charge in [-0.3, -0.25) is 0 Å². The van der Waals surface area contributed by atoms with Crippen molar-refractivity contribution in [1.29, 1.82) is 0 Å². The fourth-order valence-electron chi connectivity index (χ4n) is 3.82. The maximum atomic E-state index is 6.38. The zero-order chi connectivity index (χ0) is 19.4. The van der Waals surface area contributed by atoms with Crippen molar-refractivity contribution in [2.45, 2.75) is 20.8 Å². The molecule has 0 spiro atoms. The molecule has 0 saturated carbocycles. The Morgan fingerprint density at radius 1 is 0.821 bits per heavy atom. The molecule has 1 aliphatic rings. The lowest BCUT2D eigenvalue weighted by molar-refractivity contribution is 0.651. The number of anilines is 2. The maximum Gasteiger partial charge on any atom is 0.186 e. The molecule has 4 nitrogen and oxygen atoms in total. The number of nitrogens with zero attached hydrogens (tertiary/aromatic N) is 4. The largest absolute Gasteiger partial charge is 0.345 e. The Bertz CT molecular complexity index is 1150. The molecule has 4 aromatic rings. The predicted octanol–water partition coefficient (Wildman–Crippen LogP) is 5.81. The summed E-state index contributed by atoms with van der Waals surface area (Å²) in [6, 6.07) is 8.44. The summed E-state index contributed by atoms with van der Waals surface area (Å²) < 4.78 is 2.40. The van der Waals surface area contributed by atoms with Crippen LogP contribution in [0, 0.1) is 20.8 Å². The minimum Gasteiger partial charge on any atom is -0.345 e. The Morgan fingerprint density at radius 2 is 1.46 bits per heavy atom. The molecule has 2 aromatic heterocycles. The zero-order valence-corrected chi connectivity index (χ0v) is 18.5. The minimum atomic E-state index is 0.795. The topological polar surface area (TPSA) is 32.3 Å². The molecule has 2 aromatic carbocycles. The molecule has 0 bridgehead atoms. The van der Waals surface area contributed by atoms with Crippen LogP contribution in [0.4, 0.5) is 10.3 Å². The van der Waals surface area contributed by atoms with Crippen molar-refractivity contribution in [3.05, 3.63) is 46.0 Å². The predicted molar refractivity (Wildman–Crippen MR) is 123 cm³/mol. The number of fused-ring (bicyclic) bond motifs is 2. The van der Waals surface area contributed by atoms with E-state index in [0.29, 0.717) is 0 Å². The first-order valence-electron chi connectivity index (χ1n) is 9.43. The standard InChI is InChI=1S/C21H21ClN4S2/c1-12-10-14(3)18-16(11-12)23-20(27-18)25-6-8-26(9-7-25)21-24-17-13(2)4-5-15(22)19(17)28-21/h4-5,10-11H,6-9H2,1-3H3. The molecule has 0 atom stereocenters. The second-order valence-electron chi connectivity index (χ2n) is 7.44. The summed E-state index contributed by atoms with van der Waals surface area (Å²) in [5, 5.41) is 3.00. The number of piperazine rings is 1. The van der Waals surface area contributed by atoms with Crippen LogP contribution >= 0.6 is 34.3 Å². The second-order valence-corrected chi connectivity index (χ2v) is 9.80. The van der Waals surface area contributed by atoms with Crippen molar-refractivity contribution in [2.24, 2.45) is 0 Å². The summed E-state index contributed by atoms with van der Waals surface area (Å²) in [5.74, 6) is 0. The van der Waals surface area contributed by atoms with Gasteiger partial charge < -0.3 is 9.80 Å². The molecule has 0 aliphatic carbocycles. The molecular weight excluding hydrogens is 408 g/mol. The molecule has 1 aliphatic heterocycles. The van der Waals surface area contributed by atoms with E-state index in [0.717, 1.165) is 57.2 Å². The number of rotatable bonds is 2. The van der Waals surface area contributed by atoms with Gasteiger partial charge in [-0.15, -0.1) is 0 Å². The minimum absolute atomic E-state index is 0.795. The summed E-state index contributed by atoms with van der Waals surface area (Å²) >= 11 is 9.89. The highest BCUT2D eigenvalue weighted by Crippen LogP contribution is 2.37. The van der Waals surface area contributed by atoms with Crippen molar-refractivity contribution in [1.82, 2.24) is 9.97 Å². The van der Waals surface area contributed by atoms with Gasteiger partial charge in [0, 0.05) is 26.2 Å². The molecule has 1 saturated heterocycles. The highest BCUT2D eigenvalue weighted by Gasteiger charge is 2.23. The van der Waals surface area contributed by atoms with Gasteiger partial charge in [0.05, 0.1) is 25.5 Å². The third-order valence-corrected chi connectivity index (χ3v) is 8.16. The number of aryl methyl sites for hydroxylation is 3. The van der Waals surface area contributed by atoms with Crippen LogP contribution in [-0.4, -0.2) is 36.1 Å². The van der Waals surface area contributed by atoms with Crippen LogP contribution in [-0.2, 0) is 0 Å². The van der Waals surface area contributed by atoms with Gasteiger partial charge in [-0.2, -0.15) is 0 Å². The highest BCUT2D eigenvalue weighted by molar-refractivity contribution is 7.23. The van der Waals surface area contributed by atoms with Gasteiger partial charge in [0.1, 0.15) is 0 Å². The maximum absolute atomic E-state index is 6.38. The van der Waals surface area contributed by atoms with Crippen LogP contribution in [0.5, 0.6) is 0 Å². The molecule has 28 heavy (non-hydrogen) atoms. The van der Waals surface area contributed by atoms with Gasteiger partial charge in [0.15, 0.2) is 10.3 Å². The van der Waals surface area contributed by atoms with Crippen molar-refractivity contribution >= 4 is 65.0 Å². The first kappa shape index (κ1) is 18.2. The quantitative estimate of drug-likeness (QED) is 0.403. The van der Waals surface area contributed by atoms with Crippen LogP contribution in [0.15, 0.2) is 24.3 Å². The number of benzene rings is 2. The lowest BCUT2D eigenvalue weighted by Gasteiger charge is -2.34. The van der Waals surface area contributed by atoms with Crippen LogP contribution in [0.2, 0.25) is 5.02 Å². The van der Waals surface area contributed by atoms with Crippen molar-refractivity contribution in [2.75, 3.05) is 36.0 Å². The van der Waals surface area contributed by atoms with Gasteiger partial charge >= 0.3 is 0 Å². The molecule has 0 unspecified atom stereocenters. The van der Waals surface area contributed by atoms with E-state index < -0.39 is 0 Å². The molecule has 144 valence electrons. The smallest absolute Gasteiger partial charge is 0.186 e. The van der Waals surface area contributed by atoms with E-state index in [1.807, 2.05) is 23.5 Å². The number of halogens is 1. The molecule has 5 rings (SSSR count). The fourth-order valence-corrected chi connectivity index (χ4v) is 6.25. The Labute approximate surface area is 177 Å². The van der Waals surface area contributed by atoms with Crippen molar-refractivity contribution in [3.8, 4) is 0 Å². The van der Waals surface area contributed by atoms with Crippen LogP contribution < -0.4 is 9.80 Å². The lowest BCUT2D eigenvalue weighted by Crippen LogP contribution is -2.46. The average molecular weight is 429 g/mol. The van der Waals surface area contributed by atoms with Crippen molar-refractivity contribution in [3.63, 3.8) is 0 Å². The molecular formula is C21H21ClN4S2. The van der Waals surface area contributed by atoms with E-state index in [9.17, 15) is 0 Å². The van der Waals surface area contributed by atoms with E-state index in [2.05, 4.69) is 42.7 Å². The van der Waals surface area contributed by atoms with E-state index >= 15 is 0 Å². The SMILES string of the molecule is Cc1cc(C)c2sc(N3CCN(c4nc5c(C)ccc(Cl)c5s4)CC3)nc2c1.